The molecular weight excluding hydrogens is 413 g/mol. The van der Waals surface area contributed by atoms with E-state index in [1.165, 1.54) is 0 Å². The van der Waals surface area contributed by atoms with E-state index >= 15 is 0 Å². The minimum Gasteiger partial charge on any atom is -0.478 e. The van der Waals surface area contributed by atoms with Gasteiger partial charge >= 0.3 is 47.7 Å². The smallest absolute Gasteiger partial charge is 0.439 e. The van der Waals surface area contributed by atoms with E-state index in [-0.39, 0.29) is 0 Å². The topological polar surface area (TPSA) is 37.3 Å². The second-order valence-electron chi connectivity index (χ2n) is 4.28. The van der Waals surface area contributed by atoms with Crippen LogP contribution in [0.15, 0.2) is 0 Å². The van der Waals surface area contributed by atoms with Crippen LogP contribution in [-0.4, -0.2) is 47.4 Å². The summed E-state index contributed by atoms with van der Waals surface area (Å²) in [7, 11) is 0. The van der Waals surface area contributed by atoms with E-state index in [4.69, 9.17) is 5.11 Å². The van der Waals surface area contributed by atoms with Crippen molar-refractivity contribution in [2.75, 3.05) is 0 Å². The van der Waals surface area contributed by atoms with E-state index < -0.39 is 47.7 Å². The fourth-order valence-electron chi connectivity index (χ4n) is 1.71. The minimum absolute atomic E-state index is 4.74. The van der Waals surface area contributed by atoms with Crippen LogP contribution in [0.25, 0.3) is 0 Å². The lowest BCUT2D eigenvalue weighted by Gasteiger charge is -2.46. The Labute approximate surface area is 125 Å². The Morgan fingerprint density at radius 3 is 0.880 bits per heavy atom. The van der Waals surface area contributed by atoms with Crippen molar-refractivity contribution in [3.63, 3.8) is 0 Å². The van der Waals surface area contributed by atoms with Crippen molar-refractivity contribution in [2.24, 2.45) is 5.41 Å². The average Bonchev–Trinajstić information content (AvgIpc) is 2.18. The van der Waals surface area contributed by atoms with Crippen LogP contribution in [0, 0.1) is 5.41 Å². The summed E-state index contributed by atoms with van der Waals surface area (Å²) in [6, 6.07) is 0. The number of hydrogen-bond donors (Lipinski definition) is 1. The number of rotatable bonds is 3. The van der Waals surface area contributed by atoms with E-state index in [0.717, 1.165) is 0 Å². The number of carboxylic acid groups (broad SMARTS) is 1. The fourth-order valence-corrected chi connectivity index (χ4v) is 1.71. The van der Waals surface area contributed by atoms with Gasteiger partial charge in [0.2, 0.25) is 0 Å². The van der Waals surface area contributed by atoms with E-state index in [9.17, 15) is 70.7 Å². The third-order valence-corrected chi connectivity index (χ3v) is 2.86. The van der Waals surface area contributed by atoms with Gasteiger partial charge in [0.15, 0.2) is 0 Å². The Morgan fingerprint density at radius 2 is 0.760 bits per heavy atom. The number of carboxylic acids is 1. The van der Waals surface area contributed by atoms with Crippen molar-refractivity contribution in [3.8, 4) is 0 Å². The predicted molar refractivity (Wildman–Crippen MR) is 43.1 cm³/mol. The molecule has 150 valence electrons. The van der Waals surface area contributed by atoms with E-state index in [2.05, 4.69) is 0 Å². The molecule has 0 aromatic carbocycles. The SMILES string of the molecule is O=C(O)C(F)(C(F)(F)F)C(F)(F)C(C(F)(F)F)(C(F)(F)F)C(F)(F)F. The van der Waals surface area contributed by atoms with E-state index in [1.807, 2.05) is 0 Å². The fraction of sp³-hybridized carbons (Fsp3) is 0.875. The molecule has 2 nitrogen and oxygen atoms in total. The Bertz CT molecular complexity index is 484. The Kier molecular flexibility index (Phi) is 5.11. The number of alkyl halides is 15. The van der Waals surface area contributed by atoms with Gasteiger partial charge in [0.25, 0.3) is 0 Å². The van der Waals surface area contributed by atoms with Crippen molar-refractivity contribution in [3.05, 3.63) is 0 Å². The van der Waals surface area contributed by atoms with Crippen LogP contribution in [-0.2, 0) is 4.79 Å². The molecule has 1 atom stereocenters. The van der Waals surface area contributed by atoms with Crippen LogP contribution in [0.2, 0.25) is 0 Å². The van der Waals surface area contributed by atoms with Gasteiger partial charge in [0, 0.05) is 0 Å². The van der Waals surface area contributed by atoms with Crippen molar-refractivity contribution in [2.45, 2.75) is 36.3 Å². The van der Waals surface area contributed by atoms with Gasteiger partial charge in [-0.1, -0.05) is 0 Å². The van der Waals surface area contributed by atoms with Crippen LogP contribution in [0.5, 0.6) is 0 Å². The monoisotopic (exact) mass is 414 g/mol. The molecule has 0 fully saturated rings. The summed E-state index contributed by atoms with van der Waals surface area (Å²) in [5.74, 6) is -13.4. The van der Waals surface area contributed by atoms with Gasteiger partial charge < -0.3 is 5.11 Å². The standard InChI is InChI=1S/C8HF15O2/c9-2(1(24)25,5(12,13)14)4(10,11)3(6(15,16)17,7(18,19)20)8(21,22)23/h(H,24,25). The largest absolute Gasteiger partial charge is 0.478 e. The van der Waals surface area contributed by atoms with E-state index in [0.29, 0.717) is 0 Å². The first-order valence-electron chi connectivity index (χ1n) is 5.01. The molecule has 0 rings (SSSR count). The average molecular weight is 414 g/mol. The zero-order chi connectivity index (χ0) is 21.1. The highest BCUT2D eigenvalue weighted by Gasteiger charge is 3.00. The summed E-state index contributed by atoms with van der Waals surface area (Å²) >= 11 is 0. The molecule has 0 heterocycles. The summed E-state index contributed by atoms with van der Waals surface area (Å²) in [6.07, 6.45) is -32.8. The van der Waals surface area contributed by atoms with E-state index in [1.54, 1.807) is 0 Å². The van der Waals surface area contributed by atoms with Crippen molar-refractivity contribution in [1.82, 2.24) is 0 Å². The summed E-state index contributed by atoms with van der Waals surface area (Å²) in [5, 5.41) is 7.79. The summed E-state index contributed by atoms with van der Waals surface area (Å²) in [5.41, 5.74) is -16.6. The maximum absolute atomic E-state index is 13.4. The number of carbonyl (C=O) groups is 1. The first kappa shape index (κ1) is 23.4. The molecule has 0 aliphatic heterocycles. The van der Waals surface area contributed by atoms with Gasteiger partial charge in [-0.05, 0) is 0 Å². The van der Waals surface area contributed by atoms with Crippen molar-refractivity contribution < 1.29 is 75.8 Å². The van der Waals surface area contributed by atoms with Gasteiger partial charge in [0.05, 0.1) is 0 Å². The summed E-state index contributed by atoms with van der Waals surface area (Å²) in [6.45, 7) is 0. The van der Waals surface area contributed by atoms with Crippen LogP contribution < -0.4 is 0 Å². The minimum atomic E-state index is -8.68. The molecule has 1 unspecified atom stereocenters. The zero-order valence-electron chi connectivity index (χ0n) is 10.5. The molecule has 17 heteroatoms. The first-order chi connectivity index (χ1) is 10.4. The normalized spacial score (nSPS) is 18.0. The molecule has 0 aromatic rings. The molecule has 0 saturated carbocycles. The second kappa shape index (κ2) is 5.46. The summed E-state index contributed by atoms with van der Waals surface area (Å²) in [4.78, 5) is 10.1. The summed E-state index contributed by atoms with van der Waals surface area (Å²) < 4.78 is 188. The molecule has 1 N–H and O–H groups in total. The quantitative estimate of drug-likeness (QED) is 0.683. The van der Waals surface area contributed by atoms with Gasteiger partial charge in [-0.25, -0.2) is 18.0 Å². The molecule has 0 aliphatic carbocycles. The van der Waals surface area contributed by atoms with Gasteiger partial charge in [0.1, 0.15) is 0 Å². The highest BCUT2D eigenvalue weighted by atomic mass is 19.4. The zero-order valence-corrected chi connectivity index (χ0v) is 10.5. The second-order valence-corrected chi connectivity index (χ2v) is 4.28. The number of hydrogen-bond acceptors (Lipinski definition) is 1. The maximum atomic E-state index is 13.4. The van der Waals surface area contributed by atoms with Crippen molar-refractivity contribution >= 4 is 5.97 Å². The van der Waals surface area contributed by atoms with Crippen LogP contribution in [0.4, 0.5) is 65.9 Å². The van der Waals surface area contributed by atoms with Gasteiger partial charge in [-0.2, -0.15) is 52.7 Å². The highest BCUT2D eigenvalue weighted by molar-refractivity contribution is 5.80. The Hall–Kier alpha value is -1.58. The van der Waals surface area contributed by atoms with Gasteiger partial charge in [-0.15, -0.1) is 0 Å². The molecule has 25 heavy (non-hydrogen) atoms. The van der Waals surface area contributed by atoms with Crippen LogP contribution >= 0.6 is 0 Å². The third-order valence-electron chi connectivity index (χ3n) is 2.86. The van der Waals surface area contributed by atoms with Crippen molar-refractivity contribution in [1.29, 1.82) is 0 Å². The lowest BCUT2D eigenvalue weighted by atomic mass is 9.71. The molecule has 0 radical (unpaired) electrons. The predicted octanol–water partition coefficient (Wildman–Crippen LogP) is 4.65. The molecule has 0 aromatic heterocycles. The molecule has 0 bridgehead atoms. The first-order valence-corrected chi connectivity index (χ1v) is 5.01. The maximum Gasteiger partial charge on any atom is 0.439 e. The lowest BCUT2D eigenvalue weighted by Crippen LogP contribution is -2.78. The molecule has 0 saturated heterocycles. The van der Waals surface area contributed by atoms with Crippen LogP contribution in [0.1, 0.15) is 0 Å². The van der Waals surface area contributed by atoms with Crippen LogP contribution in [0.3, 0.4) is 0 Å². The molecular formula is C8HF15O2. The highest BCUT2D eigenvalue weighted by Crippen LogP contribution is 2.70. The Morgan fingerprint density at radius 1 is 0.520 bits per heavy atom. The number of aliphatic carboxylic acids is 1. The third kappa shape index (κ3) is 2.74. The number of halogens is 15. The lowest BCUT2D eigenvalue weighted by molar-refractivity contribution is -0.496. The Balaban J connectivity index is 7.48. The molecule has 0 amide bonds. The molecule has 0 spiro atoms. The molecule has 0 aliphatic rings. The van der Waals surface area contributed by atoms with Gasteiger partial charge in [-0.3, -0.25) is 0 Å².